The first-order valence-electron chi connectivity index (χ1n) is 7.46. The Bertz CT molecular complexity index is 566. The van der Waals surface area contributed by atoms with E-state index >= 15 is 0 Å². The smallest absolute Gasteiger partial charge is 0.240 e. The number of hydrogen-bond donors (Lipinski definition) is 2. The Hall–Kier alpha value is -1.11. The van der Waals surface area contributed by atoms with Crippen LogP contribution in [-0.4, -0.2) is 28.1 Å². The molecule has 0 unspecified atom stereocenters. The van der Waals surface area contributed by atoms with Gasteiger partial charge in [0.25, 0.3) is 0 Å². The van der Waals surface area contributed by atoms with E-state index in [9.17, 15) is 8.42 Å². The van der Waals surface area contributed by atoms with Crippen molar-refractivity contribution in [2.45, 2.75) is 50.1 Å². The SMILES string of the molecule is CCNCc1cc(S(=O)(=O)NC2CCCC2)ccc1OC. The van der Waals surface area contributed by atoms with E-state index in [1.807, 2.05) is 6.92 Å². The lowest BCUT2D eigenvalue weighted by atomic mass is 10.2. The average Bonchev–Trinajstić information content (AvgIpc) is 2.96. The maximum absolute atomic E-state index is 12.4. The number of benzene rings is 1. The molecule has 0 bridgehead atoms. The van der Waals surface area contributed by atoms with E-state index in [1.165, 1.54) is 0 Å². The van der Waals surface area contributed by atoms with E-state index in [4.69, 9.17) is 4.74 Å². The molecule has 1 saturated carbocycles. The van der Waals surface area contributed by atoms with E-state index in [-0.39, 0.29) is 6.04 Å². The largest absolute Gasteiger partial charge is 0.496 e. The van der Waals surface area contributed by atoms with Crippen LogP contribution in [0.2, 0.25) is 0 Å². The first-order chi connectivity index (χ1) is 10.1. The van der Waals surface area contributed by atoms with Crippen molar-refractivity contribution < 1.29 is 13.2 Å². The van der Waals surface area contributed by atoms with Crippen LogP contribution in [0.5, 0.6) is 5.75 Å². The second kappa shape index (κ2) is 7.24. The van der Waals surface area contributed by atoms with E-state index in [0.717, 1.165) is 37.8 Å². The minimum Gasteiger partial charge on any atom is -0.496 e. The molecule has 1 aromatic rings. The zero-order valence-electron chi connectivity index (χ0n) is 12.7. The van der Waals surface area contributed by atoms with Crippen LogP contribution in [0.3, 0.4) is 0 Å². The number of hydrogen-bond acceptors (Lipinski definition) is 4. The molecule has 5 nitrogen and oxygen atoms in total. The topological polar surface area (TPSA) is 67.4 Å². The Morgan fingerprint density at radius 2 is 2.00 bits per heavy atom. The first-order valence-corrected chi connectivity index (χ1v) is 8.95. The van der Waals surface area contributed by atoms with Gasteiger partial charge >= 0.3 is 0 Å². The number of ether oxygens (including phenoxy) is 1. The van der Waals surface area contributed by atoms with Gasteiger partial charge in [0.05, 0.1) is 12.0 Å². The van der Waals surface area contributed by atoms with Crippen LogP contribution < -0.4 is 14.8 Å². The second-order valence-corrected chi connectivity index (χ2v) is 7.07. The van der Waals surface area contributed by atoms with E-state index in [0.29, 0.717) is 17.2 Å². The molecule has 6 heteroatoms. The molecule has 0 saturated heterocycles. The summed E-state index contributed by atoms with van der Waals surface area (Å²) in [5.74, 6) is 0.704. The first kappa shape index (κ1) is 16.3. The third-order valence-electron chi connectivity index (χ3n) is 3.80. The summed E-state index contributed by atoms with van der Waals surface area (Å²) in [6, 6.07) is 5.09. The lowest BCUT2D eigenvalue weighted by molar-refractivity contribution is 0.407. The van der Waals surface area contributed by atoms with E-state index < -0.39 is 10.0 Å². The van der Waals surface area contributed by atoms with Crippen molar-refractivity contribution in [2.75, 3.05) is 13.7 Å². The van der Waals surface area contributed by atoms with Gasteiger partial charge in [-0.05, 0) is 37.6 Å². The summed E-state index contributed by atoms with van der Waals surface area (Å²) in [5, 5.41) is 3.20. The van der Waals surface area contributed by atoms with Crippen molar-refractivity contribution in [3.8, 4) is 5.75 Å². The van der Waals surface area contributed by atoms with Gasteiger partial charge in [-0.2, -0.15) is 0 Å². The number of nitrogens with one attached hydrogen (secondary N) is 2. The van der Waals surface area contributed by atoms with Gasteiger partial charge in [-0.25, -0.2) is 13.1 Å². The molecule has 0 spiro atoms. The summed E-state index contributed by atoms with van der Waals surface area (Å²) in [7, 11) is -1.86. The standard InChI is InChI=1S/C15H24N2O3S/c1-3-16-11-12-10-14(8-9-15(12)20-2)21(18,19)17-13-6-4-5-7-13/h8-10,13,16-17H,3-7,11H2,1-2H3. The van der Waals surface area contributed by atoms with Crippen LogP contribution >= 0.6 is 0 Å². The van der Waals surface area contributed by atoms with Crippen molar-refractivity contribution in [1.29, 1.82) is 0 Å². The number of rotatable bonds is 7. The fourth-order valence-corrected chi connectivity index (χ4v) is 4.01. The van der Waals surface area contributed by atoms with Gasteiger partial charge < -0.3 is 10.1 Å². The molecular formula is C15H24N2O3S. The normalized spacial score (nSPS) is 16.3. The molecule has 2 rings (SSSR count). The lowest BCUT2D eigenvalue weighted by Gasteiger charge is -2.15. The van der Waals surface area contributed by atoms with Gasteiger partial charge in [-0.1, -0.05) is 19.8 Å². The zero-order valence-corrected chi connectivity index (χ0v) is 13.5. The molecule has 1 aromatic carbocycles. The predicted molar refractivity (Wildman–Crippen MR) is 83.0 cm³/mol. The van der Waals surface area contributed by atoms with Crippen LogP contribution in [0.25, 0.3) is 0 Å². The predicted octanol–water partition coefficient (Wildman–Crippen LogP) is 2.03. The maximum Gasteiger partial charge on any atom is 0.240 e. The third kappa shape index (κ3) is 4.18. The molecule has 0 aromatic heterocycles. The monoisotopic (exact) mass is 312 g/mol. The highest BCUT2D eigenvalue weighted by Crippen LogP contribution is 2.24. The highest BCUT2D eigenvalue weighted by Gasteiger charge is 2.23. The van der Waals surface area contributed by atoms with E-state index in [2.05, 4.69) is 10.0 Å². The molecule has 1 aliphatic rings. The third-order valence-corrected chi connectivity index (χ3v) is 5.32. The fraction of sp³-hybridized carbons (Fsp3) is 0.600. The van der Waals surface area contributed by atoms with Gasteiger partial charge in [0.2, 0.25) is 10.0 Å². The molecule has 21 heavy (non-hydrogen) atoms. The molecule has 0 amide bonds. The van der Waals surface area contributed by atoms with Crippen LogP contribution in [0.1, 0.15) is 38.2 Å². The highest BCUT2D eigenvalue weighted by molar-refractivity contribution is 7.89. The van der Waals surface area contributed by atoms with Crippen molar-refractivity contribution in [2.24, 2.45) is 0 Å². The minimum atomic E-state index is -3.45. The van der Waals surface area contributed by atoms with Crippen LogP contribution in [-0.2, 0) is 16.6 Å². The molecule has 0 heterocycles. The Labute approximate surface area is 127 Å². The Balaban J connectivity index is 2.21. The highest BCUT2D eigenvalue weighted by atomic mass is 32.2. The van der Waals surface area contributed by atoms with Gasteiger partial charge in [0.1, 0.15) is 5.75 Å². The number of methoxy groups -OCH3 is 1. The molecule has 1 aliphatic carbocycles. The summed E-state index contributed by atoms with van der Waals surface area (Å²) in [5.41, 5.74) is 0.855. The van der Waals surface area contributed by atoms with Gasteiger partial charge in [0, 0.05) is 18.2 Å². The van der Waals surface area contributed by atoms with E-state index in [1.54, 1.807) is 25.3 Å². The molecular weight excluding hydrogens is 288 g/mol. The second-order valence-electron chi connectivity index (χ2n) is 5.36. The summed E-state index contributed by atoms with van der Waals surface area (Å²) in [6.45, 7) is 3.42. The number of sulfonamides is 1. The van der Waals surface area contributed by atoms with Crippen LogP contribution in [0, 0.1) is 0 Å². The average molecular weight is 312 g/mol. The Morgan fingerprint density at radius 1 is 1.29 bits per heavy atom. The van der Waals surface area contributed by atoms with Crippen LogP contribution in [0.15, 0.2) is 23.1 Å². The molecule has 118 valence electrons. The molecule has 2 N–H and O–H groups in total. The van der Waals surface area contributed by atoms with Crippen LogP contribution in [0.4, 0.5) is 0 Å². The minimum absolute atomic E-state index is 0.0781. The fourth-order valence-electron chi connectivity index (χ4n) is 2.65. The maximum atomic E-state index is 12.4. The molecule has 0 aliphatic heterocycles. The van der Waals surface area contributed by atoms with Gasteiger partial charge in [-0.15, -0.1) is 0 Å². The summed E-state index contributed by atoms with van der Waals surface area (Å²) in [4.78, 5) is 0.308. The van der Waals surface area contributed by atoms with Gasteiger partial charge in [-0.3, -0.25) is 0 Å². The van der Waals surface area contributed by atoms with Crippen molar-refractivity contribution in [1.82, 2.24) is 10.0 Å². The lowest BCUT2D eigenvalue weighted by Crippen LogP contribution is -2.32. The summed E-state index contributed by atoms with van der Waals surface area (Å²) in [6.07, 6.45) is 4.06. The molecule has 0 atom stereocenters. The molecule has 0 radical (unpaired) electrons. The summed E-state index contributed by atoms with van der Waals surface area (Å²) < 4.78 is 33.0. The Kier molecular flexibility index (Phi) is 5.61. The van der Waals surface area contributed by atoms with Crippen molar-refractivity contribution >= 4 is 10.0 Å². The van der Waals surface area contributed by atoms with Gasteiger partial charge in [0.15, 0.2) is 0 Å². The van der Waals surface area contributed by atoms with Crippen molar-refractivity contribution in [3.63, 3.8) is 0 Å². The summed E-state index contributed by atoms with van der Waals surface area (Å²) >= 11 is 0. The quantitative estimate of drug-likeness (QED) is 0.808. The Morgan fingerprint density at radius 3 is 2.62 bits per heavy atom. The van der Waals surface area contributed by atoms with Crippen molar-refractivity contribution in [3.05, 3.63) is 23.8 Å². The molecule has 1 fully saturated rings. The zero-order chi connectivity index (χ0) is 15.3.